The molecule has 5 nitrogen and oxygen atoms in total. The van der Waals surface area contributed by atoms with E-state index in [2.05, 4.69) is 9.64 Å². The summed E-state index contributed by atoms with van der Waals surface area (Å²) in [6.45, 7) is 2.09. The highest BCUT2D eigenvalue weighted by molar-refractivity contribution is 5.87. The van der Waals surface area contributed by atoms with Crippen molar-refractivity contribution < 1.29 is 19.1 Å². The standard InChI is InChI=1S/C11H15NO4/c1-15-11(14)10-8(3-5-16-10)6-12-4-2-9(13)7-12/h3,5,9,13H,2,4,6-7H2,1H3. The zero-order valence-electron chi connectivity index (χ0n) is 9.18. The number of esters is 1. The molecule has 0 bridgehead atoms. The first kappa shape index (κ1) is 11.2. The van der Waals surface area contributed by atoms with Crippen LogP contribution < -0.4 is 0 Å². The van der Waals surface area contributed by atoms with Crippen molar-refractivity contribution in [1.82, 2.24) is 4.90 Å². The Hall–Kier alpha value is -1.33. The number of carbonyl (C=O) groups is 1. The Morgan fingerprint density at radius 1 is 1.75 bits per heavy atom. The van der Waals surface area contributed by atoms with E-state index in [0.717, 1.165) is 18.5 Å². The summed E-state index contributed by atoms with van der Waals surface area (Å²) in [6.07, 6.45) is 2.01. The fraction of sp³-hybridized carbons (Fsp3) is 0.545. The maximum absolute atomic E-state index is 11.3. The Labute approximate surface area is 93.6 Å². The number of β-amino-alcohol motifs (C(OH)–C–C–N with tert-alkyl or cyclic N) is 1. The summed E-state index contributed by atoms with van der Waals surface area (Å²) >= 11 is 0. The number of hydrogen-bond acceptors (Lipinski definition) is 5. The van der Waals surface area contributed by atoms with Crippen molar-refractivity contribution >= 4 is 5.97 Å². The summed E-state index contributed by atoms with van der Waals surface area (Å²) in [5, 5.41) is 9.40. The molecule has 1 saturated heterocycles. The van der Waals surface area contributed by atoms with E-state index in [4.69, 9.17) is 4.42 Å². The second-order valence-electron chi connectivity index (χ2n) is 3.94. The van der Waals surface area contributed by atoms with Crippen molar-refractivity contribution in [1.29, 1.82) is 0 Å². The molecule has 1 aromatic rings. The number of nitrogens with zero attached hydrogens (tertiary/aromatic N) is 1. The van der Waals surface area contributed by atoms with E-state index in [9.17, 15) is 9.90 Å². The molecule has 0 saturated carbocycles. The minimum Gasteiger partial charge on any atom is -0.463 e. The first-order chi connectivity index (χ1) is 7.70. The minimum atomic E-state index is -0.459. The summed E-state index contributed by atoms with van der Waals surface area (Å²) in [7, 11) is 1.33. The van der Waals surface area contributed by atoms with Gasteiger partial charge in [0.2, 0.25) is 5.76 Å². The van der Waals surface area contributed by atoms with Crippen LogP contribution in [0.1, 0.15) is 22.5 Å². The van der Waals surface area contributed by atoms with E-state index in [0.29, 0.717) is 13.1 Å². The second-order valence-corrected chi connectivity index (χ2v) is 3.94. The molecule has 16 heavy (non-hydrogen) atoms. The van der Waals surface area contributed by atoms with Gasteiger partial charge in [0.1, 0.15) is 0 Å². The Morgan fingerprint density at radius 2 is 2.56 bits per heavy atom. The number of furan rings is 1. The van der Waals surface area contributed by atoms with Crippen molar-refractivity contribution in [2.24, 2.45) is 0 Å². The van der Waals surface area contributed by atoms with Gasteiger partial charge in [0.15, 0.2) is 0 Å². The van der Waals surface area contributed by atoms with Gasteiger partial charge in [-0.2, -0.15) is 0 Å². The summed E-state index contributed by atoms with van der Waals surface area (Å²) < 4.78 is 9.71. The van der Waals surface area contributed by atoms with Crippen LogP contribution in [0.3, 0.4) is 0 Å². The van der Waals surface area contributed by atoms with Crippen molar-refractivity contribution in [2.45, 2.75) is 19.1 Å². The molecule has 2 heterocycles. The minimum absolute atomic E-state index is 0.254. The third kappa shape index (κ3) is 2.25. The third-order valence-electron chi connectivity index (χ3n) is 2.76. The zero-order chi connectivity index (χ0) is 11.5. The summed E-state index contributed by atoms with van der Waals surface area (Å²) in [6, 6.07) is 1.76. The summed E-state index contributed by atoms with van der Waals surface area (Å²) in [4.78, 5) is 13.4. The Morgan fingerprint density at radius 3 is 3.19 bits per heavy atom. The molecule has 0 radical (unpaired) electrons. The van der Waals surface area contributed by atoms with Gasteiger partial charge in [-0.1, -0.05) is 0 Å². The monoisotopic (exact) mass is 225 g/mol. The maximum Gasteiger partial charge on any atom is 0.374 e. The Bertz CT molecular complexity index is 374. The smallest absolute Gasteiger partial charge is 0.374 e. The topological polar surface area (TPSA) is 62.9 Å². The van der Waals surface area contributed by atoms with Crippen molar-refractivity contribution in [3.63, 3.8) is 0 Å². The lowest BCUT2D eigenvalue weighted by molar-refractivity contribution is 0.0562. The summed E-state index contributed by atoms with van der Waals surface area (Å²) in [5.41, 5.74) is 0.806. The van der Waals surface area contributed by atoms with Gasteiger partial charge in [-0.25, -0.2) is 4.79 Å². The Balaban J connectivity index is 2.04. The van der Waals surface area contributed by atoms with Crippen molar-refractivity contribution in [3.8, 4) is 0 Å². The van der Waals surface area contributed by atoms with Gasteiger partial charge in [-0.3, -0.25) is 4.90 Å². The molecule has 5 heteroatoms. The molecular weight excluding hydrogens is 210 g/mol. The van der Waals surface area contributed by atoms with Gasteiger partial charge in [0.05, 0.1) is 19.5 Å². The van der Waals surface area contributed by atoms with E-state index < -0.39 is 5.97 Å². The molecule has 1 fully saturated rings. The van der Waals surface area contributed by atoms with Gasteiger partial charge in [-0.05, 0) is 12.5 Å². The normalized spacial score (nSPS) is 21.2. The first-order valence-corrected chi connectivity index (χ1v) is 5.26. The Kier molecular flexibility index (Phi) is 3.26. The van der Waals surface area contributed by atoms with Gasteiger partial charge in [0.25, 0.3) is 0 Å². The molecule has 0 spiro atoms. The van der Waals surface area contributed by atoms with Crippen molar-refractivity contribution in [2.75, 3.05) is 20.2 Å². The molecule has 1 aliphatic heterocycles. The number of methoxy groups -OCH3 is 1. The number of hydrogen-bond donors (Lipinski definition) is 1. The van der Waals surface area contributed by atoms with Crippen LogP contribution in [0, 0.1) is 0 Å². The average Bonchev–Trinajstić information content (AvgIpc) is 2.87. The van der Waals surface area contributed by atoms with Crippen molar-refractivity contribution in [3.05, 3.63) is 23.7 Å². The largest absolute Gasteiger partial charge is 0.463 e. The molecule has 88 valence electrons. The van der Waals surface area contributed by atoms with Crippen LogP contribution in [-0.4, -0.2) is 42.3 Å². The van der Waals surface area contributed by atoms with Crippen LogP contribution in [0.5, 0.6) is 0 Å². The van der Waals surface area contributed by atoms with Crippen LogP contribution >= 0.6 is 0 Å². The van der Waals surface area contributed by atoms with Crippen LogP contribution in [0.4, 0.5) is 0 Å². The van der Waals surface area contributed by atoms with Gasteiger partial charge < -0.3 is 14.3 Å². The molecule has 1 atom stereocenters. The van der Waals surface area contributed by atoms with E-state index >= 15 is 0 Å². The molecule has 0 aromatic carbocycles. The molecule has 1 unspecified atom stereocenters. The van der Waals surface area contributed by atoms with Crippen LogP contribution in [-0.2, 0) is 11.3 Å². The lowest BCUT2D eigenvalue weighted by Gasteiger charge is -2.13. The number of carbonyl (C=O) groups excluding carboxylic acids is 1. The quantitative estimate of drug-likeness (QED) is 0.764. The lowest BCUT2D eigenvalue weighted by Crippen LogP contribution is -2.22. The second kappa shape index (κ2) is 4.67. The predicted octanol–water partition coefficient (Wildman–Crippen LogP) is 0.633. The number of rotatable bonds is 3. The van der Waals surface area contributed by atoms with E-state index in [1.807, 2.05) is 0 Å². The fourth-order valence-corrected chi connectivity index (χ4v) is 1.93. The SMILES string of the molecule is COC(=O)c1occc1CN1CCC(O)C1. The number of aliphatic hydroxyl groups excluding tert-OH is 1. The first-order valence-electron chi connectivity index (χ1n) is 5.26. The number of ether oxygens (including phenoxy) is 1. The van der Waals surface area contributed by atoms with Crippen LogP contribution in [0.15, 0.2) is 16.7 Å². The molecule has 0 aliphatic carbocycles. The van der Waals surface area contributed by atoms with Gasteiger partial charge in [-0.15, -0.1) is 0 Å². The molecule has 1 aromatic heterocycles. The van der Waals surface area contributed by atoms with Gasteiger partial charge >= 0.3 is 5.97 Å². The van der Waals surface area contributed by atoms with E-state index in [-0.39, 0.29) is 11.9 Å². The van der Waals surface area contributed by atoms with Crippen LogP contribution in [0.25, 0.3) is 0 Å². The van der Waals surface area contributed by atoms with Crippen LogP contribution in [0.2, 0.25) is 0 Å². The highest BCUT2D eigenvalue weighted by atomic mass is 16.5. The highest BCUT2D eigenvalue weighted by Gasteiger charge is 2.23. The highest BCUT2D eigenvalue weighted by Crippen LogP contribution is 2.18. The summed E-state index contributed by atoms with van der Waals surface area (Å²) in [5.74, 6) is -0.205. The zero-order valence-corrected chi connectivity index (χ0v) is 9.18. The van der Waals surface area contributed by atoms with Gasteiger partial charge in [0, 0.05) is 25.2 Å². The van der Waals surface area contributed by atoms with E-state index in [1.165, 1.54) is 13.4 Å². The van der Waals surface area contributed by atoms with E-state index in [1.54, 1.807) is 6.07 Å². The average molecular weight is 225 g/mol. The predicted molar refractivity (Wildman–Crippen MR) is 55.9 cm³/mol. The molecule has 2 rings (SSSR count). The third-order valence-corrected chi connectivity index (χ3v) is 2.76. The lowest BCUT2D eigenvalue weighted by atomic mass is 10.2. The number of likely N-dealkylation sites (tertiary alicyclic amines) is 1. The maximum atomic E-state index is 11.3. The fourth-order valence-electron chi connectivity index (χ4n) is 1.93. The molecule has 1 N–H and O–H groups in total. The molecular formula is C11H15NO4. The molecule has 0 amide bonds. The molecule has 1 aliphatic rings. The number of aliphatic hydroxyl groups is 1.